The smallest absolute Gasteiger partial charge is 0.0541 e. The number of nitrogens with zero attached hydrogens (tertiary/aromatic N) is 1. The van der Waals surface area contributed by atoms with Gasteiger partial charge in [0.1, 0.15) is 0 Å². The summed E-state index contributed by atoms with van der Waals surface area (Å²) in [6.45, 7) is 2.36. The Bertz CT molecular complexity index is 1670. The average molecular weight is 452 g/mol. The van der Waals surface area contributed by atoms with Gasteiger partial charge in [0.2, 0.25) is 0 Å². The molecule has 0 aliphatic heterocycles. The van der Waals surface area contributed by atoms with Gasteiger partial charge in [0.15, 0.2) is 0 Å². The number of fused-ring (bicyclic) bond motifs is 6. The van der Waals surface area contributed by atoms with Crippen molar-refractivity contribution in [3.8, 4) is 27.9 Å². The lowest BCUT2D eigenvalue weighted by Gasteiger charge is -2.11. The molecule has 1 heterocycles. The zero-order valence-electron chi connectivity index (χ0n) is 19.3. The molecule has 0 N–H and O–H groups in total. The van der Waals surface area contributed by atoms with Crippen LogP contribution in [0.4, 0.5) is 0 Å². The molecule has 0 spiro atoms. The van der Waals surface area contributed by atoms with E-state index in [9.17, 15) is 0 Å². The Morgan fingerprint density at radius 3 is 1.97 bits per heavy atom. The molecule has 0 bridgehead atoms. The van der Waals surface area contributed by atoms with Crippen LogP contribution in [-0.4, -0.2) is 14.1 Å². The van der Waals surface area contributed by atoms with Crippen LogP contribution < -0.4 is 5.19 Å². The number of rotatable bonds is 3. The van der Waals surface area contributed by atoms with E-state index in [4.69, 9.17) is 0 Å². The fourth-order valence-corrected chi connectivity index (χ4v) is 6.44. The third-order valence-corrected chi connectivity index (χ3v) is 8.64. The van der Waals surface area contributed by atoms with E-state index in [2.05, 4.69) is 120 Å². The second kappa shape index (κ2) is 7.58. The van der Waals surface area contributed by atoms with E-state index in [-0.39, 0.29) is 9.52 Å². The van der Waals surface area contributed by atoms with Crippen molar-refractivity contribution in [1.82, 2.24) is 4.57 Å². The van der Waals surface area contributed by atoms with Gasteiger partial charge in [-0.15, -0.1) is 0 Å². The highest BCUT2D eigenvalue weighted by atomic mass is 28.2. The maximum absolute atomic E-state index is 2.42. The van der Waals surface area contributed by atoms with Crippen molar-refractivity contribution < 1.29 is 0 Å². The van der Waals surface area contributed by atoms with Crippen molar-refractivity contribution >= 4 is 36.5 Å². The van der Waals surface area contributed by atoms with Gasteiger partial charge in [0.05, 0.1) is 20.6 Å². The molecule has 1 aliphatic carbocycles. The maximum atomic E-state index is 2.42. The van der Waals surface area contributed by atoms with Crippen LogP contribution in [0.25, 0.3) is 49.7 Å². The van der Waals surface area contributed by atoms with Crippen LogP contribution in [0.3, 0.4) is 0 Å². The normalized spacial score (nSPS) is 12.6. The van der Waals surface area contributed by atoms with Gasteiger partial charge in [-0.1, -0.05) is 90.6 Å². The molecule has 2 heteroatoms. The Balaban J connectivity index is 1.41. The predicted octanol–water partition coefficient (Wildman–Crippen LogP) is 6.86. The highest BCUT2D eigenvalue weighted by Crippen LogP contribution is 2.41. The molecule has 0 unspecified atom stereocenters. The zero-order valence-corrected chi connectivity index (χ0v) is 20.7. The second-order valence-corrected chi connectivity index (χ2v) is 10.8. The number of aromatic nitrogens is 1. The predicted molar refractivity (Wildman–Crippen MR) is 149 cm³/mol. The summed E-state index contributed by atoms with van der Waals surface area (Å²) >= 11 is 0. The van der Waals surface area contributed by atoms with Crippen molar-refractivity contribution in [2.75, 3.05) is 0 Å². The molecule has 0 atom stereocenters. The van der Waals surface area contributed by atoms with Gasteiger partial charge in [-0.05, 0) is 70.1 Å². The van der Waals surface area contributed by atoms with Crippen LogP contribution in [-0.2, 0) is 6.42 Å². The van der Waals surface area contributed by atoms with Crippen molar-refractivity contribution in [2.45, 2.75) is 13.0 Å². The monoisotopic (exact) mass is 451 g/mol. The summed E-state index contributed by atoms with van der Waals surface area (Å²) in [6.07, 6.45) is 1.01. The van der Waals surface area contributed by atoms with E-state index in [1.165, 1.54) is 66.1 Å². The molecular weight excluding hydrogens is 426 g/mol. The largest absolute Gasteiger partial charge is 0.309 e. The molecule has 1 aromatic heterocycles. The minimum absolute atomic E-state index is 0.160. The van der Waals surface area contributed by atoms with Crippen LogP contribution in [0.5, 0.6) is 0 Å². The summed E-state index contributed by atoms with van der Waals surface area (Å²) in [5.41, 5.74) is 12.0. The highest BCUT2D eigenvalue weighted by molar-refractivity contribution is 6.52. The van der Waals surface area contributed by atoms with Crippen LogP contribution in [0.1, 0.15) is 11.1 Å². The molecule has 0 saturated carbocycles. The van der Waals surface area contributed by atoms with E-state index in [0.29, 0.717) is 0 Å². The molecule has 7 rings (SSSR count). The average Bonchev–Trinajstić information content (AvgIpc) is 3.43. The lowest BCUT2D eigenvalue weighted by molar-refractivity contribution is 1.17. The first kappa shape index (κ1) is 19.6. The SMILES string of the molecule is C[SiH2]c1cccc(-c2ccc3c(c2)-c2cc(-n4c5ccccc5c5ccccc54)ccc2C3)c1. The van der Waals surface area contributed by atoms with Gasteiger partial charge < -0.3 is 4.57 Å². The van der Waals surface area contributed by atoms with Gasteiger partial charge in [-0.3, -0.25) is 0 Å². The first-order valence-electron chi connectivity index (χ1n) is 12.1. The summed E-state index contributed by atoms with van der Waals surface area (Å²) in [5, 5.41) is 4.13. The molecule has 0 radical (unpaired) electrons. The maximum Gasteiger partial charge on any atom is 0.0541 e. The third-order valence-electron chi connectivity index (χ3n) is 7.38. The molecule has 162 valence electrons. The van der Waals surface area contributed by atoms with Crippen molar-refractivity contribution in [2.24, 2.45) is 0 Å². The molecule has 0 saturated heterocycles. The van der Waals surface area contributed by atoms with Gasteiger partial charge in [0, 0.05) is 16.5 Å². The van der Waals surface area contributed by atoms with Crippen LogP contribution in [0.15, 0.2) is 109 Å². The molecule has 0 amide bonds. The number of hydrogen-bond donors (Lipinski definition) is 0. The van der Waals surface area contributed by atoms with E-state index in [1.807, 2.05) is 0 Å². The molecular formula is C32H25NSi. The molecule has 5 aromatic carbocycles. The van der Waals surface area contributed by atoms with Crippen molar-refractivity contribution in [3.63, 3.8) is 0 Å². The Kier molecular flexibility index (Phi) is 4.36. The minimum Gasteiger partial charge on any atom is -0.309 e. The quantitative estimate of drug-likeness (QED) is 0.259. The Hall–Kier alpha value is -3.88. The van der Waals surface area contributed by atoms with Gasteiger partial charge in [-0.2, -0.15) is 0 Å². The van der Waals surface area contributed by atoms with Crippen LogP contribution >= 0.6 is 0 Å². The molecule has 1 aliphatic rings. The Labute approximate surface area is 202 Å². The van der Waals surface area contributed by atoms with Crippen molar-refractivity contribution in [1.29, 1.82) is 0 Å². The van der Waals surface area contributed by atoms with Gasteiger partial charge >= 0.3 is 0 Å². The van der Waals surface area contributed by atoms with E-state index in [1.54, 1.807) is 0 Å². The number of benzene rings is 5. The summed E-state index contributed by atoms with van der Waals surface area (Å²) < 4.78 is 2.42. The summed E-state index contributed by atoms with van der Waals surface area (Å²) in [7, 11) is -0.160. The standard InChI is InChI=1S/C32H25NSi/c1-34-26-8-6-7-21(18-26)22-13-14-23-17-24-15-16-25(20-30(24)29(23)19-22)33-31-11-4-2-9-27(31)28-10-3-5-12-32(28)33/h2-16,18-20H,17,34H2,1H3. The van der Waals surface area contributed by atoms with Gasteiger partial charge in [-0.25, -0.2) is 0 Å². The summed E-state index contributed by atoms with van der Waals surface area (Å²) in [5.74, 6) is 0. The second-order valence-electron chi connectivity index (χ2n) is 9.31. The summed E-state index contributed by atoms with van der Waals surface area (Å²) in [4.78, 5) is 0. The van der Waals surface area contributed by atoms with E-state index >= 15 is 0 Å². The number of hydrogen-bond acceptors (Lipinski definition) is 0. The van der Waals surface area contributed by atoms with Crippen LogP contribution in [0, 0.1) is 0 Å². The van der Waals surface area contributed by atoms with Crippen LogP contribution in [0.2, 0.25) is 6.55 Å². The summed E-state index contributed by atoms with van der Waals surface area (Å²) in [6, 6.07) is 40.7. The minimum atomic E-state index is -0.160. The van der Waals surface area contributed by atoms with E-state index < -0.39 is 0 Å². The van der Waals surface area contributed by atoms with E-state index in [0.717, 1.165) is 6.42 Å². The molecule has 34 heavy (non-hydrogen) atoms. The zero-order chi connectivity index (χ0) is 22.6. The topological polar surface area (TPSA) is 4.93 Å². The fraction of sp³-hybridized carbons (Fsp3) is 0.0625. The molecule has 1 nitrogen and oxygen atoms in total. The third kappa shape index (κ3) is 2.92. The highest BCUT2D eigenvalue weighted by Gasteiger charge is 2.21. The molecule has 0 fully saturated rings. The Morgan fingerprint density at radius 2 is 1.24 bits per heavy atom. The number of para-hydroxylation sites is 2. The first-order valence-corrected chi connectivity index (χ1v) is 14.3. The van der Waals surface area contributed by atoms with Gasteiger partial charge in [0.25, 0.3) is 0 Å². The Morgan fingerprint density at radius 1 is 0.588 bits per heavy atom. The first-order chi connectivity index (χ1) is 16.8. The van der Waals surface area contributed by atoms with Crippen molar-refractivity contribution in [3.05, 3.63) is 120 Å². The fourth-order valence-electron chi connectivity index (χ4n) is 5.65. The lowest BCUT2D eigenvalue weighted by Crippen LogP contribution is -2.09. The molecule has 6 aromatic rings. The lowest BCUT2D eigenvalue weighted by atomic mass is 9.98.